The topological polar surface area (TPSA) is 89.7 Å². The van der Waals surface area contributed by atoms with Gasteiger partial charge in [-0.1, -0.05) is 41.9 Å². The van der Waals surface area contributed by atoms with Gasteiger partial charge in [-0.25, -0.2) is 4.79 Å². The number of esters is 1. The highest BCUT2D eigenvalue weighted by Gasteiger charge is 2.56. The Labute approximate surface area is 167 Å². The van der Waals surface area contributed by atoms with Gasteiger partial charge in [-0.3, -0.25) is 9.59 Å². The Kier molecular flexibility index (Phi) is 5.72. The molecule has 3 rings (SSSR count). The Morgan fingerprint density at radius 3 is 2.44 bits per heavy atom. The zero-order chi connectivity index (χ0) is 19.8. The molecule has 1 aromatic rings. The average molecular weight is 437 g/mol. The molecule has 1 saturated heterocycles. The molecule has 2 unspecified atom stereocenters. The van der Waals surface area contributed by atoms with Gasteiger partial charge in [0, 0.05) is 16.6 Å². The predicted octanol–water partition coefficient (Wildman–Crippen LogP) is 2.54. The summed E-state index contributed by atoms with van der Waals surface area (Å²) in [4.78, 5) is 39.2. The van der Waals surface area contributed by atoms with Crippen LogP contribution in [0.5, 0.6) is 0 Å². The van der Waals surface area contributed by atoms with Crippen LogP contribution in [-0.4, -0.2) is 47.8 Å². The number of benzene rings is 1. The fraction of sp³-hybridized carbons (Fsp3) is 0.550. The van der Waals surface area contributed by atoms with Crippen molar-refractivity contribution in [1.82, 2.24) is 4.90 Å². The van der Waals surface area contributed by atoms with Crippen molar-refractivity contribution in [3.8, 4) is 0 Å². The number of carbonyl (C=O) groups excluding carboxylic acids is 3. The smallest absolute Gasteiger partial charge is 0.329 e. The lowest BCUT2D eigenvalue weighted by Gasteiger charge is -2.27. The molecule has 1 aliphatic heterocycles. The largest absolute Gasteiger partial charge is 0.456 e. The highest BCUT2D eigenvalue weighted by Crippen LogP contribution is 2.55. The van der Waals surface area contributed by atoms with Crippen molar-refractivity contribution in [2.45, 2.75) is 45.2 Å². The number of ether oxygens (including phenoxy) is 1. The number of hydrogen-bond donors (Lipinski definition) is 1. The third kappa shape index (κ3) is 4.41. The molecule has 2 N–H and O–H groups in total. The zero-order valence-corrected chi connectivity index (χ0v) is 17.2. The summed E-state index contributed by atoms with van der Waals surface area (Å²) in [5.74, 6) is -1.01. The molecular weight excluding hydrogens is 412 g/mol. The maximum absolute atomic E-state index is 12.7. The van der Waals surface area contributed by atoms with E-state index >= 15 is 0 Å². The van der Waals surface area contributed by atoms with Gasteiger partial charge in [0.25, 0.3) is 0 Å². The van der Waals surface area contributed by atoms with Crippen LogP contribution in [0.15, 0.2) is 28.7 Å². The first-order chi connectivity index (χ1) is 12.7. The van der Waals surface area contributed by atoms with Crippen LogP contribution in [0.1, 0.15) is 43.5 Å². The molecule has 1 amide bonds. The maximum atomic E-state index is 12.7. The Bertz CT molecular complexity index is 743. The number of likely N-dealkylation sites (tertiary alicyclic amines) is 1. The molecule has 6 nitrogen and oxygen atoms in total. The molecule has 2 fully saturated rings. The van der Waals surface area contributed by atoms with E-state index in [0.717, 1.165) is 17.3 Å². The number of carbonyl (C=O) groups is 3. The number of rotatable bonds is 6. The molecule has 1 aromatic carbocycles. The Morgan fingerprint density at radius 2 is 1.89 bits per heavy atom. The summed E-state index contributed by atoms with van der Waals surface area (Å²) in [6.07, 6.45) is 2.61. The van der Waals surface area contributed by atoms with Gasteiger partial charge >= 0.3 is 5.97 Å². The zero-order valence-electron chi connectivity index (χ0n) is 15.6. The lowest BCUT2D eigenvalue weighted by atomic mass is 10.0. The Balaban J connectivity index is 1.64. The molecule has 7 heteroatoms. The SMILES string of the molecule is CC(C)C(N)C(=O)N1CC2(CC2)CC1C(=O)OCC(=O)c1ccc(Br)cc1. The molecule has 0 aromatic heterocycles. The number of amides is 1. The van der Waals surface area contributed by atoms with Crippen molar-refractivity contribution < 1.29 is 19.1 Å². The van der Waals surface area contributed by atoms with Crippen LogP contribution >= 0.6 is 15.9 Å². The summed E-state index contributed by atoms with van der Waals surface area (Å²) in [6.45, 7) is 3.99. The number of nitrogens with zero attached hydrogens (tertiary/aromatic N) is 1. The second-order valence-electron chi connectivity index (χ2n) is 7.99. The Morgan fingerprint density at radius 1 is 1.26 bits per heavy atom. The van der Waals surface area contributed by atoms with E-state index in [1.54, 1.807) is 29.2 Å². The van der Waals surface area contributed by atoms with Crippen molar-refractivity contribution in [3.63, 3.8) is 0 Å². The maximum Gasteiger partial charge on any atom is 0.329 e. The van der Waals surface area contributed by atoms with Crippen LogP contribution in [-0.2, 0) is 14.3 Å². The predicted molar refractivity (Wildman–Crippen MR) is 104 cm³/mol. The summed E-state index contributed by atoms with van der Waals surface area (Å²) < 4.78 is 6.15. The van der Waals surface area contributed by atoms with Gasteiger partial charge in [0.15, 0.2) is 12.4 Å². The van der Waals surface area contributed by atoms with Gasteiger partial charge < -0.3 is 15.4 Å². The van der Waals surface area contributed by atoms with Gasteiger partial charge in [-0.15, -0.1) is 0 Å². The van der Waals surface area contributed by atoms with Crippen LogP contribution in [0.4, 0.5) is 0 Å². The first-order valence-corrected chi connectivity index (χ1v) is 10.0. The third-order valence-electron chi connectivity index (χ3n) is 5.54. The first kappa shape index (κ1) is 20.0. The highest BCUT2D eigenvalue weighted by molar-refractivity contribution is 9.10. The lowest BCUT2D eigenvalue weighted by molar-refractivity contribution is -0.153. The highest BCUT2D eigenvalue weighted by atomic mass is 79.9. The van der Waals surface area contributed by atoms with E-state index in [2.05, 4.69) is 15.9 Å². The van der Waals surface area contributed by atoms with E-state index in [4.69, 9.17) is 10.5 Å². The van der Waals surface area contributed by atoms with Crippen LogP contribution < -0.4 is 5.73 Å². The van der Waals surface area contributed by atoms with E-state index in [-0.39, 0.29) is 29.6 Å². The molecule has 0 radical (unpaired) electrons. The number of Topliss-reactive ketones (excluding diaryl/α,β-unsaturated/α-hetero) is 1. The fourth-order valence-electron chi connectivity index (χ4n) is 3.47. The minimum atomic E-state index is -0.650. The monoisotopic (exact) mass is 436 g/mol. The minimum Gasteiger partial charge on any atom is -0.456 e. The second kappa shape index (κ2) is 7.72. The molecule has 2 atom stereocenters. The molecule has 1 saturated carbocycles. The molecule has 1 aliphatic carbocycles. The van der Waals surface area contributed by atoms with E-state index in [0.29, 0.717) is 18.5 Å². The summed E-state index contributed by atoms with van der Waals surface area (Å²) in [7, 11) is 0. The average Bonchev–Trinajstić information content (AvgIpc) is 3.29. The normalized spacial score (nSPS) is 21.4. The summed E-state index contributed by atoms with van der Waals surface area (Å²) in [5.41, 5.74) is 6.53. The van der Waals surface area contributed by atoms with E-state index < -0.39 is 18.1 Å². The number of hydrogen-bond acceptors (Lipinski definition) is 5. The first-order valence-electron chi connectivity index (χ1n) is 9.24. The van der Waals surface area contributed by atoms with Crippen LogP contribution in [0.25, 0.3) is 0 Å². The fourth-order valence-corrected chi connectivity index (χ4v) is 3.73. The standard InChI is InChI=1S/C20H25BrN2O4/c1-12(2)17(22)18(25)23-11-20(7-8-20)9-15(23)19(26)27-10-16(24)13-3-5-14(21)6-4-13/h3-6,12,15,17H,7-11,22H2,1-2H3. The van der Waals surface area contributed by atoms with Crippen LogP contribution in [0.2, 0.25) is 0 Å². The molecular formula is C20H25BrN2O4. The van der Waals surface area contributed by atoms with Crippen LogP contribution in [0, 0.1) is 11.3 Å². The van der Waals surface area contributed by atoms with Gasteiger partial charge in [0.05, 0.1) is 6.04 Å². The quantitative estimate of drug-likeness (QED) is 0.546. The van der Waals surface area contributed by atoms with Crippen molar-refractivity contribution in [2.75, 3.05) is 13.2 Å². The summed E-state index contributed by atoms with van der Waals surface area (Å²) >= 11 is 3.32. The molecule has 2 aliphatic rings. The van der Waals surface area contributed by atoms with E-state index in [1.807, 2.05) is 13.8 Å². The molecule has 0 bridgehead atoms. The molecule has 27 heavy (non-hydrogen) atoms. The van der Waals surface area contributed by atoms with Crippen molar-refractivity contribution in [3.05, 3.63) is 34.3 Å². The Hall–Kier alpha value is -1.73. The van der Waals surface area contributed by atoms with Gasteiger partial charge in [-0.05, 0) is 42.7 Å². The van der Waals surface area contributed by atoms with Crippen molar-refractivity contribution in [1.29, 1.82) is 0 Å². The molecule has 146 valence electrons. The second-order valence-corrected chi connectivity index (χ2v) is 8.91. The lowest BCUT2D eigenvalue weighted by Crippen LogP contribution is -2.51. The van der Waals surface area contributed by atoms with Gasteiger partial charge in [-0.2, -0.15) is 0 Å². The number of halogens is 1. The van der Waals surface area contributed by atoms with Crippen molar-refractivity contribution in [2.24, 2.45) is 17.1 Å². The molecule has 1 spiro atoms. The minimum absolute atomic E-state index is 0.0103. The third-order valence-corrected chi connectivity index (χ3v) is 6.06. The van der Waals surface area contributed by atoms with E-state index in [9.17, 15) is 14.4 Å². The van der Waals surface area contributed by atoms with Crippen molar-refractivity contribution >= 4 is 33.6 Å². The number of nitrogens with two attached hydrogens (primary N) is 1. The summed E-state index contributed by atoms with van der Waals surface area (Å²) in [5, 5.41) is 0. The van der Waals surface area contributed by atoms with Crippen LogP contribution in [0.3, 0.4) is 0 Å². The van der Waals surface area contributed by atoms with E-state index in [1.165, 1.54) is 0 Å². The summed E-state index contributed by atoms with van der Waals surface area (Å²) in [6, 6.07) is 5.58. The number of ketones is 1. The van der Waals surface area contributed by atoms with Gasteiger partial charge in [0.1, 0.15) is 6.04 Å². The molecule has 1 heterocycles. The van der Waals surface area contributed by atoms with Gasteiger partial charge in [0.2, 0.25) is 5.91 Å².